The van der Waals surface area contributed by atoms with E-state index in [1.807, 2.05) is 0 Å². The molecule has 0 aliphatic rings. The van der Waals surface area contributed by atoms with Gasteiger partial charge < -0.3 is 0 Å². The molecule has 0 bridgehead atoms. The van der Waals surface area contributed by atoms with E-state index >= 15 is 0 Å². The first-order valence-corrected chi connectivity index (χ1v) is 6.85. The third-order valence-corrected chi connectivity index (χ3v) is 3.08. The van der Waals surface area contributed by atoms with Crippen LogP contribution < -0.4 is 0 Å². The first-order chi connectivity index (χ1) is 7.72. The van der Waals surface area contributed by atoms with E-state index in [-0.39, 0.29) is 11.0 Å². The van der Waals surface area contributed by atoms with Gasteiger partial charge in [-0.25, -0.2) is 0 Å². The maximum atomic E-state index is 10.8. The van der Waals surface area contributed by atoms with Crippen LogP contribution >= 0.6 is 0 Å². The summed E-state index contributed by atoms with van der Waals surface area (Å²) < 4.78 is 0. The molecule has 0 amide bonds. The fourth-order valence-electron chi connectivity index (χ4n) is 1.97. The molecule has 0 aliphatic heterocycles. The molecule has 0 fully saturated rings. The van der Waals surface area contributed by atoms with Crippen LogP contribution in [0.1, 0.15) is 78.1 Å². The van der Waals surface area contributed by atoms with Crippen molar-refractivity contribution in [1.82, 2.24) is 0 Å². The molecule has 0 aromatic heterocycles. The molecule has 16 heavy (non-hydrogen) atoms. The molecule has 0 radical (unpaired) electrons. The lowest BCUT2D eigenvalue weighted by molar-refractivity contribution is -0.524. The second kappa shape index (κ2) is 10.9. The molecule has 0 rings (SSSR count). The van der Waals surface area contributed by atoms with Gasteiger partial charge in [0.1, 0.15) is 0 Å². The lowest BCUT2D eigenvalue weighted by atomic mass is 10.0. The lowest BCUT2D eigenvalue weighted by Gasteiger charge is -2.08. The molecule has 0 N–H and O–H groups in total. The van der Waals surface area contributed by atoms with Crippen LogP contribution in [-0.2, 0) is 0 Å². The van der Waals surface area contributed by atoms with E-state index in [0.29, 0.717) is 0 Å². The number of hydrogen-bond acceptors (Lipinski definition) is 2. The summed E-state index contributed by atoms with van der Waals surface area (Å²) in [4.78, 5) is 10.7. The minimum Gasteiger partial charge on any atom is -0.264 e. The standard InChI is InChI=1S/C13H27NO2/c1-3-5-7-8-10-12-13(14(15)16)11-9-6-4-2/h13H,3-12H2,1-2H3. The molecular formula is C13H27NO2. The Morgan fingerprint density at radius 3 is 1.81 bits per heavy atom. The minimum absolute atomic E-state index is 0.0739. The van der Waals surface area contributed by atoms with Crippen LogP contribution in [0.4, 0.5) is 0 Å². The van der Waals surface area contributed by atoms with E-state index in [1.54, 1.807) is 0 Å². The monoisotopic (exact) mass is 229 g/mol. The second-order valence-electron chi connectivity index (χ2n) is 4.64. The lowest BCUT2D eigenvalue weighted by Crippen LogP contribution is -2.19. The Hall–Kier alpha value is -0.600. The van der Waals surface area contributed by atoms with Crippen molar-refractivity contribution in [1.29, 1.82) is 0 Å². The van der Waals surface area contributed by atoms with Crippen molar-refractivity contribution in [2.75, 3.05) is 0 Å². The van der Waals surface area contributed by atoms with Crippen LogP contribution in [0, 0.1) is 10.1 Å². The fraction of sp³-hybridized carbons (Fsp3) is 1.00. The first-order valence-electron chi connectivity index (χ1n) is 6.85. The summed E-state index contributed by atoms with van der Waals surface area (Å²) in [6, 6.07) is -0.284. The van der Waals surface area contributed by atoms with Gasteiger partial charge in [0.05, 0.1) is 0 Å². The normalized spacial score (nSPS) is 12.6. The Kier molecular flexibility index (Phi) is 10.5. The zero-order valence-electron chi connectivity index (χ0n) is 10.9. The first kappa shape index (κ1) is 15.4. The van der Waals surface area contributed by atoms with Gasteiger partial charge in [0.25, 0.3) is 0 Å². The molecular weight excluding hydrogens is 202 g/mol. The van der Waals surface area contributed by atoms with Gasteiger partial charge in [-0.2, -0.15) is 0 Å². The molecule has 0 saturated carbocycles. The van der Waals surface area contributed by atoms with Crippen LogP contribution in [0.3, 0.4) is 0 Å². The molecule has 0 aliphatic carbocycles. The Balaban J connectivity index is 3.56. The largest absolute Gasteiger partial charge is 0.264 e. The van der Waals surface area contributed by atoms with E-state index in [2.05, 4.69) is 13.8 Å². The summed E-state index contributed by atoms with van der Waals surface area (Å²) in [6.07, 6.45) is 10.7. The quantitative estimate of drug-likeness (QED) is 0.296. The minimum atomic E-state index is -0.284. The van der Waals surface area contributed by atoms with Crippen LogP contribution in [-0.4, -0.2) is 11.0 Å². The zero-order chi connectivity index (χ0) is 12.2. The van der Waals surface area contributed by atoms with Gasteiger partial charge in [-0.15, -0.1) is 0 Å². The molecule has 3 heteroatoms. The zero-order valence-corrected chi connectivity index (χ0v) is 10.9. The van der Waals surface area contributed by atoms with Crippen LogP contribution in [0.5, 0.6) is 0 Å². The average Bonchev–Trinajstić information content (AvgIpc) is 2.26. The fourth-order valence-corrected chi connectivity index (χ4v) is 1.97. The Morgan fingerprint density at radius 1 is 0.875 bits per heavy atom. The topological polar surface area (TPSA) is 43.1 Å². The second-order valence-corrected chi connectivity index (χ2v) is 4.64. The van der Waals surface area contributed by atoms with E-state index in [9.17, 15) is 10.1 Å². The number of unbranched alkanes of at least 4 members (excludes halogenated alkanes) is 6. The van der Waals surface area contributed by atoms with E-state index in [0.717, 1.165) is 44.9 Å². The van der Waals surface area contributed by atoms with Crippen molar-refractivity contribution in [3.8, 4) is 0 Å². The summed E-state index contributed by atoms with van der Waals surface area (Å²) in [5.74, 6) is 0. The summed E-state index contributed by atoms with van der Waals surface area (Å²) in [5, 5.41) is 10.8. The Morgan fingerprint density at radius 2 is 1.31 bits per heavy atom. The van der Waals surface area contributed by atoms with Crippen molar-refractivity contribution in [2.24, 2.45) is 0 Å². The molecule has 1 atom stereocenters. The van der Waals surface area contributed by atoms with Crippen LogP contribution in [0.25, 0.3) is 0 Å². The SMILES string of the molecule is CCCCCCCC(CCCCC)[N+](=O)[O-]. The number of nitro groups is 1. The maximum absolute atomic E-state index is 10.8. The molecule has 3 nitrogen and oxygen atoms in total. The van der Waals surface area contributed by atoms with Crippen LogP contribution in [0.15, 0.2) is 0 Å². The molecule has 0 aromatic rings. The number of hydrogen-bond donors (Lipinski definition) is 0. The van der Waals surface area contributed by atoms with Gasteiger partial charge in [-0.3, -0.25) is 10.1 Å². The van der Waals surface area contributed by atoms with Gasteiger partial charge >= 0.3 is 0 Å². The van der Waals surface area contributed by atoms with E-state index in [1.165, 1.54) is 19.3 Å². The third-order valence-electron chi connectivity index (χ3n) is 3.08. The highest BCUT2D eigenvalue weighted by Gasteiger charge is 2.18. The summed E-state index contributed by atoms with van der Waals surface area (Å²) in [6.45, 7) is 4.32. The highest BCUT2D eigenvalue weighted by atomic mass is 16.6. The van der Waals surface area contributed by atoms with Crippen LogP contribution in [0.2, 0.25) is 0 Å². The Bertz CT molecular complexity index is 171. The molecule has 0 saturated heterocycles. The number of rotatable bonds is 11. The number of nitrogens with zero attached hydrogens (tertiary/aromatic N) is 1. The predicted molar refractivity (Wildman–Crippen MR) is 68.3 cm³/mol. The van der Waals surface area contributed by atoms with Gasteiger partial charge in [0, 0.05) is 17.8 Å². The van der Waals surface area contributed by atoms with E-state index < -0.39 is 0 Å². The molecule has 96 valence electrons. The van der Waals surface area contributed by atoms with Gasteiger partial charge in [-0.05, 0) is 12.8 Å². The summed E-state index contributed by atoms with van der Waals surface area (Å²) in [5.41, 5.74) is 0. The van der Waals surface area contributed by atoms with Gasteiger partial charge in [0.2, 0.25) is 6.04 Å². The van der Waals surface area contributed by atoms with Gasteiger partial charge in [0.15, 0.2) is 0 Å². The van der Waals surface area contributed by atoms with Crippen molar-refractivity contribution in [3.05, 3.63) is 10.1 Å². The van der Waals surface area contributed by atoms with Gasteiger partial charge in [-0.1, -0.05) is 52.4 Å². The molecule has 0 heterocycles. The predicted octanol–water partition coefficient (Wildman–Crippen LogP) is 4.57. The highest BCUT2D eigenvalue weighted by molar-refractivity contribution is 4.58. The Labute approximate surface area is 99.8 Å². The molecule has 0 spiro atoms. The van der Waals surface area contributed by atoms with Crippen molar-refractivity contribution in [3.63, 3.8) is 0 Å². The van der Waals surface area contributed by atoms with Crippen molar-refractivity contribution in [2.45, 2.75) is 84.1 Å². The molecule has 0 aromatic carbocycles. The van der Waals surface area contributed by atoms with Crippen molar-refractivity contribution < 1.29 is 4.92 Å². The molecule has 1 unspecified atom stereocenters. The van der Waals surface area contributed by atoms with E-state index in [4.69, 9.17) is 0 Å². The third kappa shape index (κ3) is 8.69. The summed E-state index contributed by atoms with van der Waals surface area (Å²) >= 11 is 0. The summed E-state index contributed by atoms with van der Waals surface area (Å²) in [7, 11) is 0. The van der Waals surface area contributed by atoms with Crippen molar-refractivity contribution >= 4 is 0 Å². The maximum Gasteiger partial charge on any atom is 0.213 e. The highest BCUT2D eigenvalue weighted by Crippen LogP contribution is 2.14. The average molecular weight is 229 g/mol. The smallest absolute Gasteiger partial charge is 0.213 e.